The van der Waals surface area contributed by atoms with Crippen LogP contribution in [0.25, 0.3) is 0 Å². The van der Waals surface area contributed by atoms with Crippen LogP contribution in [0.2, 0.25) is 0 Å². The van der Waals surface area contributed by atoms with Crippen molar-refractivity contribution in [3.05, 3.63) is 70.8 Å². The topological polar surface area (TPSA) is 87.7 Å². The monoisotopic (exact) mass is 551 g/mol. The SMILES string of the molecule is CCCCNC(=O)C(c1cccc(C)c1C)N(C(=O)C(Cc1ccccc1)NC(=O)OC(C)(C)C)C(C)(C)CC. The van der Waals surface area contributed by atoms with Gasteiger partial charge in [-0.3, -0.25) is 9.59 Å². The molecule has 0 saturated heterocycles. The minimum Gasteiger partial charge on any atom is -0.444 e. The summed E-state index contributed by atoms with van der Waals surface area (Å²) in [6.45, 7) is 17.9. The third-order valence-electron chi connectivity index (χ3n) is 7.30. The maximum Gasteiger partial charge on any atom is 0.408 e. The molecule has 0 spiro atoms. The van der Waals surface area contributed by atoms with Crippen LogP contribution >= 0.6 is 0 Å². The summed E-state index contributed by atoms with van der Waals surface area (Å²) in [5.41, 5.74) is 2.24. The van der Waals surface area contributed by atoms with E-state index in [0.29, 0.717) is 13.0 Å². The number of ether oxygens (including phenoxy) is 1. The van der Waals surface area contributed by atoms with Crippen LogP contribution in [0, 0.1) is 13.8 Å². The first kappa shape index (κ1) is 32.9. The van der Waals surface area contributed by atoms with E-state index in [1.54, 1.807) is 25.7 Å². The Morgan fingerprint density at radius 3 is 2.15 bits per heavy atom. The van der Waals surface area contributed by atoms with E-state index >= 15 is 0 Å². The van der Waals surface area contributed by atoms with Crippen LogP contribution in [0.3, 0.4) is 0 Å². The lowest BCUT2D eigenvalue weighted by Crippen LogP contribution is -2.60. The Morgan fingerprint density at radius 2 is 1.57 bits per heavy atom. The number of hydrogen-bond acceptors (Lipinski definition) is 4. The molecule has 2 rings (SSSR count). The van der Waals surface area contributed by atoms with Gasteiger partial charge in [0.05, 0.1) is 0 Å². The van der Waals surface area contributed by atoms with E-state index in [4.69, 9.17) is 4.74 Å². The zero-order valence-corrected chi connectivity index (χ0v) is 25.9. The molecule has 0 fully saturated rings. The van der Waals surface area contributed by atoms with Crippen molar-refractivity contribution >= 4 is 17.9 Å². The van der Waals surface area contributed by atoms with Crippen molar-refractivity contribution in [2.75, 3.05) is 6.54 Å². The van der Waals surface area contributed by atoms with Crippen molar-refractivity contribution in [1.82, 2.24) is 15.5 Å². The van der Waals surface area contributed by atoms with Crippen molar-refractivity contribution in [3.63, 3.8) is 0 Å². The maximum atomic E-state index is 14.7. The van der Waals surface area contributed by atoms with Crippen molar-refractivity contribution in [2.24, 2.45) is 0 Å². The van der Waals surface area contributed by atoms with E-state index in [-0.39, 0.29) is 18.2 Å². The van der Waals surface area contributed by atoms with Gasteiger partial charge in [0.1, 0.15) is 17.7 Å². The first-order chi connectivity index (χ1) is 18.7. The van der Waals surface area contributed by atoms with E-state index in [1.165, 1.54) is 0 Å². The van der Waals surface area contributed by atoms with Gasteiger partial charge in [0.15, 0.2) is 0 Å². The van der Waals surface area contributed by atoms with E-state index in [9.17, 15) is 14.4 Å². The Morgan fingerprint density at radius 1 is 0.925 bits per heavy atom. The molecule has 2 atom stereocenters. The van der Waals surface area contributed by atoms with Gasteiger partial charge in [-0.2, -0.15) is 0 Å². The molecule has 0 heterocycles. The Balaban J connectivity index is 2.67. The third-order valence-corrected chi connectivity index (χ3v) is 7.30. The van der Waals surface area contributed by atoms with Gasteiger partial charge in [-0.15, -0.1) is 0 Å². The normalized spacial score (nSPS) is 13.2. The van der Waals surface area contributed by atoms with Crippen molar-refractivity contribution in [2.45, 2.75) is 111 Å². The van der Waals surface area contributed by atoms with Crippen molar-refractivity contribution in [3.8, 4) is 0 Å². The third kappa shape index (κ3) is 9.10. The Bertz CT molecular complexity index is 1140. The van der Waals surface area contributed by atoms with Crippen LogP contribution in [-0.4, -0.2) is 46.5 Å². The highest BCUT2D eigenvalue weighted by Gasteiger charge is 2.43. The molecule has 2 aromatic rings. The van der Waals surface area contributed by atoms with Gasteiger partial charge < -0.3 is 20.3 Å². The number of aryl methyl sites for hydroxylation is 1. The van der Waals surface area contributed by atoms with Gasteiger partial charge in [-0.05, 0) is 83.6 Å². The fourth-order valence-electron chi connectivity index (χ4n) is 4.57. The highest BCUT2D eigenvalue weighted by molar-refractivity contribution is 5.93. The molecule has 7 heteroatoms. The van der Waals surface area contributed by atoms with Crippen LogP contribution < -0.4 is 10.6 Å². The molecule has 0 aromatic heterocycles. The van der Waals surface area contributed by atoms with Crippen LogP contribution in [-0.2, 0) is 20.7 Å². The number of nitrogens with one attached hydrogen (secondary N) is 2. The average molecular weight is 552 g/mol. The second-order valence-electron chi connectivity index (χ2n) is 12.1. The second kappa shape index (κ2) is 14.3. The van der Waals surface area contributed by atoms with Gasteiger partial charge in [0.2, 0.25) is 11.8 Å². The molecule has 40 heavy (non-hydrogen) atoms. The van der Waals surface area contributed by atoms with Crippen LogP contribution in [0.5, 0.6) is 0 Å². The molecule has 0 aliphatic rings. The summed E-state index contributed by atoms with van der Waals surface area (Å²) in [5.74, 6) is -0.564. The number of hydrogen-bond donors (Lipinski definition) is 2. The number of amides is 3. The predicted octanol–water partition coefficient (Wildman–Crippen LogP) is 6.41. The van der Waals surface area contributed by atoms with E-state index in [0.717, 1.165) is 35.1 Å². The van der Waals surface area contributed by atoms with Crippen LogP contribution in [0.15, 0.2) is 48.5 Å². The number of carbonyl (C=O) groups is 3. The number of rotatable bonds is 12. The number of unbranched alkanes of at least 4 members (excludes halogenated alkanes) is 1. The molecule has 3 amide bonds. The summed E-state index contributed by atoms with van der Waals surface area (Å²) in [6, 6.07) is 13.6. The molecule has 2 aromatic carbocycles. The highest BCUT2D eigenvalue weighted by atomic mass is 16.6. The Kier molecular flexibility index (Phi) is 11.8. The molecule has 0 aliphatic carbocycles. The Labute approximate surface area is 241 Å². The van der Waals surface area contributed by atoms with Crippen LogP contribution in [0.4, 0.5) is 4.79 Å². The number of carbonyl (C=O) groups excluding carboxylic acids is 3. The molecule has 2 unspecified atom stereocenters. The van der Waals surface area contributed by atoms with Crippen molar-refractivity contribution in [1.29, 1.82) is 0 Å². The van der Waals surface area contributed by atoms with Gasteiger partial charge >= 0.3 is 6.09 Å². The fourth-order valence-corrected chi connectivity index (χ4v) is 4.57. The molecular formula is C33H49N3O4. The molecular weight excluding hydrogens is 502 g/mol. The predicted molar refractivity (Wildman–Crippen MR) is 161 cm³/mol. The minimum absolute atomic E-state index is 0.229. The summed E-state index contributed by atoms with van der Waals surface area (Å²) in [6.07, 6.45) is 1.97. The maximum absolute atomic E-state index is 14.7. The van der Waals surface area contributed by atoms with E-state index in [2.05, 4.69) is 17.6 Å². The lowest BCUT2D eigenvalue weighted by Gasteiger charge is -2.45. The zero-order chi connectivity index (χ0) is 30.1. The number of nitrogens with zero attached hydrogens (tertiary/aromatic N) is 1. The number of benzene rings is 2. The number of alkyl carbamates (subject to hydrolysis) is 1. The summed E-state index contributed by atoms with van der Waals surface area (Å²) in [5, 5.41) is 5.91. The summed E-state index contributed by atoms with van der Waals surface area (Å²) in [4.78, 5) is 43.3. The van der Waals surface area contributed by atoms with Crippen molar-refractivity contribution < 1.29 is 19.1 Å². The standard InChI is InChI=1S/C33H49N3O4/c1-10-12-21-34-29(37)28(26-20-16-17-23(3)24(26)4)36(33(8,9)11-2)30(38)27(22-25-18-14-13-15-19-25)35-31(39)40-32(5,6)7/h13-20,27-28H,10-12,21-22H2,1-9H3,(H,34,37)(H,35,39). The largest absolute Gasteiger partial charge is 0.444 e. The summed E-state index contributed by atoms with van der Waals surface area (Å²) >= 11 is 0. The molecule has 7 nitrogen and oxygen atoms in total. The minimum atomic E-state index is -0.945. The molecule has 2 N–H and O–H groups in total. The lowest BCUT2D eigenvalue weighted by molar-refractivity contribution is -0.149. The molecule has 0 radical (unpaired) electrons. The molecule has 0 saturated carbocycles. The van der Waals surface area contributed by atoms with E-state index in [1.807, 2.05) is 83.1 Å². The lowest BCUT2D eigenvalue weighted by atomic mass is 9.88. The first-order valence-corrected chi connectivity index (χ1v) is 14.4. The fraction of sp³-hybridized carbons (Fsp3) is 0.545. The van der Waals surface area contributed by atoms with Gasteiger partial charge in [-0.25, -0.2) is 4.79 Å². The Hall–Kier alpha value is -3.35. The van der Waals surface area contributed by atoms with Gasteiger partial charge in [-0.1, -0.05) is 68.8 Å². The van der Waals surface area contributed by atoms with Crippen LogP contribution in [0.1, 0.15) is 96.0 Å². The quantitative estimate of drug-likeness (QED) is 0.298. The zero-order valence-electron chi connectivity index (χ0n) is 25.9. The highest BCUT2D eigenvalue weighted by Crippen LogP contribution is 2.34. The second-order valence-corrected chi connectivity index (χ2v) is 12.1. The average Bonchev–Trinajstić information content (AvgIpc) is 2.88. The first-order valence-electron chi connectivity index (χ1n) is 14.4. The molecule has 220 valence electrons. The van der Waals surface area contributed by atoms with Gasteiger partial charge in [0.25, 0.3) is 0 Å². The molecule has 0 aliphatic heterocycles. The summed E-state index contributed by atoms with van der Waals surface area (Å²) in [7, 11) is 0. The van der Waals surface area contributed by atoms with E-state index < -0.39 is 29.3 Å². The summed E-state index contributed by atoms with van der Waals surface area (Å²) < 4.78 is 5.54. The molecule has 0 bridgehead atoms. The van der Waals surface area contributed by atoms with Gasteiger partial charge in [0, 0.05) is 18.5 Å². The smallest absolute Gasteiger partial charge is 0.408 e.